The molecule has 0 spiro atoms. The Morgan fingerprint density at radius 3 is 2.67 bits per heavy atom. The van der Waals surface area contributed by atoms with Gasteiger partial charge in [0.25, 0.3) is 0 Å². The lowest BCUT2D eigenvalue weighted by atomic mass is 10.1. The van der Waals surface area contributed by atoms with Gasteiger partial charge in [-0.15, -0.1) is 12.3 Å². The fraction of sp³-hybridized carbons (Fsp3) is 0.400. The number of rotatable bonds is 6. The Bertz CT molecular complexity index is 417. The summed E-state index contributed by atoms with van der Waals surface area (Å²) in [6.07, 6.45) is 8.80. The molecular weight excluding hydrogens is 224 g/mol. The molecule has 1 atom stereocenters. The number of hydrogen-bond acceptors (Lipinski definition) is 2. The smallest absolute Gasteiger partial charge is 0.242 e. The second-order valence-corrected chi connectivity index (χ2v) is 4.30. The van der Waals surface area contributed by atoms with Crippen molar-refractivity contribution in [2.75, 3.05) is 5.32 Å². The fourth-order valence-electron chi connectivity index (χ4n) is 1.59. The molecule has 0 aliphatic heterocycles. The number of nitrogens with one attached hydrogen (secondary N) is 1. The number of terminal acetylenes is 1. The van der Waals surface area contributed by atoms with Gasteiger partial charge in [-0.3, -0.25) is 4.79 Å². The average molecular weight is 244 g/mol. The van der Waals surface area contributed by atoms with Crippen LogP contribution in [0, 0.1) is 12.3 Å². The van der Waals surface area contributed by atoms with Crippen molar-refractivity contribution in [3.05, 3.63) is 29.8 Å². The highest BCUT2D eigenvalue weighted by molar-refractivity contribution is 5.94. The van der Waals surface area contributed by atoms with Crippen molar-refractivity contribution in [2.24, 2.45) is 5.73 Å². The minimum Gasteiger partial charge on any atom is -0.325 e. The van der Waals surface area contributed by atoms with Crippen molar-refractivity contribution in [3.8, 4) is 12.3 Å². The molecule has 0 bridgehead atoms. The van der Waals surface area contributed by atoms with E-state index >= 15 is 0 Å². The summed E-state index contributed by atoms with van der Waals surface area (Å²) >= 11 is 0. The lowest BCUT2D eigenvalue weighted by Gasteiger charge is -2.10. The summed E-state index contributed by atoms with van der Waals surface area (Å²) < 4.78 is 0. The van der Waals surface area contributed by atoms with Crippen LogP contribution in [0.5, 0.6) is 0 Å². The topological polar surface area (TPSA) is 55.1 Å². The van der Waals surface area contributed by atoms with Crippen LogP contribution in [-0.4, -0.2) is 11.9 Å². The fourth-order valence-corrected chi connectivity index (χ4v) is 1.59. The van der Waals surface area contributed by atoms with Crippen LogP contribution in [0.1, 0.15) is 31.7 Å². The van der Waals surface area contributed by atoms with Crippen LogP contribution in [0.15, 0.2) is 24.3 Å². The van der Waals surface area contributed by atoms with E-state index in [1.54, 1.807) is 0 Å². The number of anilines is 1. The predicted octanol–water partition coefficient (Wildman–Crippen LogP) is 2.32. The molecule has 1 aromatic rings. The molecule has 96 valence electrons. The Labute approximate surface area is 109 Å². The zero-order valence-electron chi connectivity index (χ0n) is 10.8. The number of benzene rings is 1. The maximum atomic E-state index is 11.6. The SMILES string of the molecule is C#CCC(N)C(=O)Nc1ccc(CCCC)cc1. The predicted molar refractivity (Wildman–Crippen MR) is 75.1 cm³/mol. The Kier molecular flexibility index (Phi) is 5.96. The highest BCUT2D eigenvalue weighted by Crippen LogP contribution is 2.12. The molecule has 0 aromatic heterocycles. The minimum atomic E-state index is -0.644. The van der Waals surface area contributed by atoms with E-state index in [9.17, 15) is 4.79 Å². The Hall–Kier alpha value is -1.79. The van der Waals surface area contributed by atoms with Crippen LogP contribution in [0.4, 0.5) is 5.69 Å². The third-order valence-electron chi connectivity index (χ3n) is 2.72. The van der Waals surface area contributed by atoms with Crippen molar-refractivity contribution in [1.82, 2.24) is 0 Å². The summed E-state index contributed by atoms with van der Waals surface area (Å²) in [5, 5.41) is 2.75. The van der Waals surface area contributed by atoms with Gasteiger partial charge in [-0.05, 0) is 30.5 Å². The van der Waals surface area contributed by atoms with Gasteiger partial charge in [-0.25, -0.2) is 0 Å². The molecule has 3 N–H and O–H groups in total. The zero-order valence-corrected chi connectivity index (χ0v) is 10.8. The number of nitrogens with two attached hydrogens (primary N) is 1. The highest BCUT2D eigenvalue weighted by Gasteiger charge is 2.11. The van der Waals surface area contributed by atoms with Crippen LogP contribution < -0.4 is 11.1 Å². The first-order valence-electron chi connectivity index (χ1n) is 6.26. The molecule has 0 heterocycles. The molecule has 1 amide bonds. The van der Waals surface area contributed by atoms with E-state index in [0.29, 0.717) is 0 Å². The van der Waals surface area contributed by atoms with Gasteiger partial charge in [-0.2, -0.15) is 0 Å². The molecular formula is C15H20N2O. The summed E-state index contributed by atoms with van der Waals surface area (Å²) in [7, 11) is 0. The lowest BCUT2D eigenvalue weighted by molar-refractivity contribution is -0.117. The van der Waals surface area contributed by atoms with Gasteiger partial charge in [0, 0.05) is 12.1 Å². The van der Waals surface area contributed by atoms with E-state index in [1.165, 1.54) is 18.4 Å². The summed E-state index contributed by atoms with van der Waals surface area (Å²) in [6.45, 7) is 2.17. The molecule has 3 heteroatoms. The van der Waals surface area contributed by atoms with Crippen molar-refractivity contribution in [3.63, 3.8) is 0 Å². The molecule has 3 nitrogen and oxygen atoms in total. The zero-order chi connectivity index (χ0) is 13.4. The Morgan fingerprint density at radius 2 is 2.11 bits per heavy atom. The van der Waals surface area contributed by atoms with Crippen LogP contribution in [-0.2, 0) is 11.2 Å². The molecule has 18 heavy (non-hydrogen) atoms. The third kappa shape index (κ3) is 4.60. The van der Waals surface area contributed by atoms with E-state index in [-0.39, 0.29) is 12.3 Å². The van der Waals surface area contributed by atoms with Crippen molar-refractivity contribution in [1.29, 1.82) is 0 Å². The van der Waals surface area contributed by atoms with E-state index in [0.717, 1.165) is 12.1 Å². The second kappa shape index (κ2) is 7.52. The van der Waals surface area contributed by atoms with Crippen LogP contribution in [0.3, 0.4) is 0 Å². The highest BCUT2D eigenvalue weighted by atomic mass is 16.2. The Morgan fingerprint density at radius 1 is 1.44 bits per heavy atom. The first-order valence-corrected chi connectivity index (χ1v) is 6.26. The van der Waals surface area contributed by atoms with Gasteiger partial charge in [-0.1, -0.05) is 25.5 Å². The largest absolute Gasteiger partial charge is 0.325 e. The normalized spacial score (nSPS) is 11.6. The van der Waals surface area contributed by atoms with Crippen molar-refractivity contribution >= 4 is 11.6 Å². The maximum Gasteiger partial charge on any atom is 0.242 e. The van der Waals surface area contributed by atoms with Crippen LogP contribution in [0.2, 0.25) is 0 Å². The number of unbranched alkanes of at least 4 members (excludes halogenated alkanes) is 1. The number of carbonyl (C=O) groups is 1. The third-order valence-corrected chi connectivity index (χ3v) is 2.72. The molecule has 0 aliphatic rings. The number of aryl methyl sites for hydroxylation is 1. The van der Waals surface area contributed by atoms with E-state index < -0.39 is 6.04 Å². The molecule has 1 aromatic carbocycles. The van der Waals surface area contributed by atoms with Gasteiger partial charge >= 0.3 is 0 Å². The van der Waals surface area contributed by atoms with Gasteiger partial charge < -0.3 is 11.1 Å². The summed E-state index contributed by atoms with van der Waals surface area (Å²) in [4.78, 5) is 11.6. The molecule has 0 saturated heterocycles. The van der Waals surface area contributed by atoms with E-state index in [1.807, 2.05) is 24.3 Å². The average Bonchev–Trinajstić information content (AvgIpc) is 2.38. The summed E-state index contributed by atoms with van der Waals surface area (Å²) in [5.41, 5.74) is 7.65. The van der Waals surface area contributed by atoms with Crippen LogP contribution >= 0.6 is 0 Å². The van der Waals surface area contributed by atoms with E-state index in [4.69, 9.17) is 12.2 Å². The standard InChI is InChI=1S/C15H20N2O/c1-3-5-7-12-8-10-13(11-9-12)17-15(18)14(16)6-4-2/h2,8-11,14H,3,5-7,16H2,1H3,(H,17,18). The van der Waals surface area contributed by atoms with Crippen LogP contribution in [0.25, 0.3) is 0 Å². The van der Waals surface area contributed by atoms with Gasteiger partial charge in [0.05, 0.1) is 6.04 Å². The molecule has 1 rings (SSSR count). The molecule has 0 fully saturated rings. The first kappa shape index (κ1) is 14.3. The molecule has 1 unspecified atom stereocenters. The van der Waals surface area contributed by atoms with Crippen molar-refractivity contribution in [2.45, 2.75) is 38.6 Å². The summed E-state index contributed by atoms with van der Waals surface area (Å²) in [5.74, 6) is 2.14. The number of carbonyl (C=O) groups excluding carboxylic acids is 1. The summed E-state index contributed by atoms with van der Waals surface area (Å²) in [6, 6.07) is 7.20. The quantitative estimate of drug-likeness (QED) is 0.754. The maximum absolute atomic E-state index is 11.6. The van der Waals surface area contributed by atoms with Gasteiger partial charge in [0.2, 0.25) is 5.91 Å². The van der Waals surface area contributed by atoms with Crippen molar-refractivity contribution < 1.29 is 4.79 Å². The minimum absolute atomic E-state index is 0.241. The van der Waals surface area contributed by atoms with Gasteiger partial charge in [0.1, 0.15) is 0 Å². The monoisotopic (exact) mass is 244 g/mol. The second-order valence-electron chi connectivity index (χ2n) is 4.30. The molecule has 0 saturated carbocycles. The lowest BCUT2D eigenvalue weighted by Crippen LogP contribution is -2.35. The van der Waals surface area contributed by atoms with E-state index in [2.05, 4.69) is 18.2 Å². The molecule has 0 aliphatic carbocycles. The van der Waals surface area contributed by atoms with Gasteiger partial charge in [0.15, 0.2) is 0 Å². The number of amides is 1. The molecule has 0 radical (unpaired) electrons. The first-order chi connectivity index (χ1) is 8.67. The Balaban J connectivity index is 2.53. The number of hydrogen-bond donors (Lipinski definition) is 2.